The molecule has 0 saturated heterocycles. The van der Waals surface area contributed by atoms with Gasteiger partial charge >= 0.3 is 0 Å². The first-order valence-corrected chi connectivity index (χ1v) is 7.12. The van der Waals surface area contributed by atoms with Gasteiger partial charge in [0.05, 0.1) is 12.8 Å². The summed E-state index contributed by atoms with van der Waals surface area (Å²) in [5, 5.41) is 3.48. The summed E-state index contributed by atoms with van der Waals surface area (Å²) >= 11 is 0. The summed E-state index contributed by atoms with van der Waals surface area (Å²) in [4.78, 5) is 6.33. The number of benzene rings is 1. The topological polar surface area (TPSA) is 37.4 Å². The molecule has 2 aromatic rings. The molecule has 2 rings (SSSR count). The number of rotatable bonds is 6. The SMILES string of the molecule is COc1nccc(N(C)C)c1NCC(C)c1ccccc1. The minimum absolute atomic E-state index is 0.408. The Balaban J connectivity index is 2.16. The molecule has 0 saturated carbocycles. The van der Waals surface area contributed by atoms with Crippen LogP contribution in [0.2, 0.25) is 0 Å². The van der Waals surface area contributed by atoms with Gasteiger partial charge in [0.25, 0.3) is 0 Å². The average Bonchev–Trinajstić information content (AvgIpc) is 2.52. The molecule has 0 aliphatic carbocycles. The van der Waals surface area contributed by atoms with Crippen LogP contribution in [0.3, 0.4) is 0 Å². The van der Waals surface area contributed by atoms with E-state index in [1.807, 2.05) is 26.2 Å². The second-order valence-corrected chi connectivity index (χ2v) is 5.30. The van der Waals surface area contributed by atoms with Crippen molar-refractivity contribution in [3.05, 3.63) is 48.2 Å². The summed E-state index contributed by atoms with van der Waals surface area (Å²) in [5.74, 6) is 1.03. The van der Waals surface area contributed by atoms with Gasteiger partial charge in [-0.25, -0.2) is 4.98 Å². The molecule has 1 heterocycles. The third-order valence-electron chi connectivity index (χ3n) is 3.52. The van der Waals surface area contributed by atoms with Crippen LogP contribution in [0.25, 0.3) is 0 Å². The van der Waals surface area contributed by atoms with Crippen molar-refractivity contribution in [1.82, 2.24) is 4.98 Å². The Hall–Kier alpha value is -2.23. The Morgan fingerprint density at radius 2 is 1.90 bits per heavy atom. The van der Waals surface area contributed by atoms with Gasteiger partial charge < -0.3 is 15.0 Å². The summed E-state index contributed by atoms with van der Waals surface area (Å²) in [6.45, 7) is 3.04. The Morgan fingerprint density at radius 1 is 1.19 bits per heavy atom. The maximum absolute atomic E-state index is 5.37. The number of anilines is 2. The monoisotopic (exact) mass is 285 g/mol. The van der Waals surface area contributed by atoms with Crippen molar-refractivity contribution in [3.63, 3.8) is 0 Å². The molecule has 4 heteroatoms. The van der Waals surface area contributed by atoms with E-state index < -0.39 is 0 Å². The van der Waals surface area contributed by atoms with E-state index in [1.165, 1.54) is 5.56 Å². The fourth-order valence-electron chi connectivity index (χ4n) is 2.28. The molecule has 1 atom stereocenters. The number of nitrogens with one attached hydrogen (secondary N) is 1. The van der Waals surface area contributed by atoms with E-state index in [-0.39, 0.29) is 0 Å². The summed E-state index contributed by atoms with van der Waals surface area (Å²) in [6, 6.07) is 12.5. The minimum atomic E-state index is 0.408. The van der Waals surface area contributed by atoms with Crippen LogP contribution >= 0.6 is 0 Å². The summed E-state index contributed by atoms with van der Waals surface area (Å²) < 4.78 is 5.37. The second kappa shape index (κ2) is 6.97. The number of pyridine rings is 1. The highest BCUT2D eigenvalue weighted by atomic mass is 16.5. The van der Waals surface area contributed by atoms with E-state index in [1.54, 1.807) is 13.3 Å². The summed E-state index contributed by atoms with van der Waals surface area (Å²) in [6.07, 6.45) is 1.76. The predicted molar refractivity (Wildman–Crippen MR) is 88.5 cm³/mol. The molecular formula is C17H23N3O. The van der Waals surface area contributed by atoms with E-state index in [9.17, 15) is 0 Å². The van der Waals surface area contributed by atoms with Gasteiger partial charge in [-0.05, 0) is 17.5 Å². The van der Waals surface area contributed by atoms with Gasteiger partial charge in [-0.1, -0.05) is 37.3 Å². The van der Waals surface area contributed by atoms with Crippen molar-refractivity contribution in [2.45, 2.75) is 12.8 Å². The van der Waals surface area contributed by atoms with E-state index in [4.69, 9.17) is 4.74 Å². The smallest absolute Gasteiger partial charge is 0.239 e. The number of aromatic nitrogens is 1. The lowest BCUT2D eigenvalue weighted by molar-refractivity contribution is 0.399. The highest BCUT2D eigenvalue weighted by molar-refractivity contribution is 5.74. The van der Waals surface area contributed by atoms with Gasteiger partial charge in [-0.3, -0.25) is 0 Å². The van der Waals surface area contributed by atoms with Gasteiger partial charge in [0.15, 0.2) is 0 Å². The molecule has 1 unspecified atom stereocenters. The molecule has 21 heavy (non-hydrogen) atoms. The normalized spacial score (nSPS) is 11.8. The Kier molecular flexibility index (Phi) is 5.04. The number of ether oxygens (including phenoxy) is 1. The van der Waals surface area contributed by atoms with Crippen molar-refractivity contribution in [3.8, 4) is 5.88 Å². The van der Waals surface area contributed by atoms with Crippen molar-refractivity contribution in [1.29, 1.82) is 0 Å². The molecule has 1 aromatic heterocycles. The van der Waals surface area contributed by atoms with Crippen molar-refractivity contribution < 1.29 is 4.74 Å². The van der Waals surface area contributed by atoms with Crippen molar-refractivity contribution in [2.75, 3.05) is 38.0 Å². The minimum Gasteiger partial charge on any atom is -0.479 e. The lowest BCUT2D eigenvalue weighted by atomic mass is 10.0. The Labute approximate surface area is 126 Å². The molecule has 112 valence electrons. The van der Waals surface area contributed by atoms with Crippen LogP contribution in [0.4, 0.5) is 11.4 Å². The zero-order chi connectivity index (χ0) is 15.2. The first-order chi connectivity index (χ1) is 10.1. The second-order valence-electron chi connectivity index (χ2n) is 5.30. The number of hydrogen-bond acceptors (Lipinski definition) is 4. The van der Waals surface area contributed by atoms with Crippen molar-refractivity contribution in [2.24, 2.45) is 0 Å². The fourth-order valence-corrected chi connectivity index (χ4v) is 2.28. The van der Waals surface area contributed by atoms with Gasteiger partial charge in [0.2, 0.25) is 5.88 Å². The summed E-state index contributed by atoms with van der Waals surface area (Å²) in [7, 11) is 5.68. The molecule has 1 aromatic carbocycles. The Bertz CT molecular complexity index is 570. The highest BCUT2D eigenvalue weighted by Gasteiger charge is 2.13. The molecule has 4 nitrogen and oxygen atoms in total. The maximum Gasteiger partial charge on any atom is 0.239 e. The third kappa shape index (κ3) is 3.66. The molecule has 0 amide bonds. The third-order valence-corrected chi connectivity index (χ3v) is 3.52. The predicted octanol–water partition coefficient (Wildman–Crippen LogP) is 3.37. The van der Waals surface area contributed by atoms with Crippen LogP contribution < -0.4 is 15.0 Å². The molecule has 0 aliphatic rings. The van der Waals surface area contributed by atoms with Crippen LogP contribution in [-0.2, 0) is 0 Å². The number of hydrogen-bond donors (Lipinski definition) is 1. The van der Waals surface area contributed by atoms with Gasteiger partial charge in [-0.15, -0.1) is 0 Å². The van der Waals surface area contributed by atoms with Crippen LogP contribution in [0.1, 0.15) is 18.4 Å². The quantitative estimate of drug-likeness (QED) is 0.883. The zero-order valence-corrected chi connectivity index (χ0v) is 13.1. The van der Waals surface area contributed by atoms with E-state index in [0.29, 0.717) is 11.8 Å². The van der Waals surface area contributed by atoms with Crippen LogP contribution in [0, 0.1) is 0 Å². The lowest BCUT2D eigenvalue weighted by Gasteiger charge is -2.21. The highest BCUT2D eigenvalue weighted by Crippen LogP contribution is 2.32. The molecular weight excluding hydrogens is 262 g/mol. The molecule has 0 spiro atoms. The van der Waals surface area contributed by atoms with E-state index in [2.05, 4.69) is 46.4 Å². The van der Waals surface area contributed by atoms with Gasteiger partial charge in [0.1, 0.15) is 5.69 Å². The fraction of sp³-hybridized carbons (Fsp3) is 0.353. The van der Waals surface area contributed by atoms with E-state index >= 15 is 0 Å². The number of methoxy groups -OCH3 is 1. The average molecular weight is 285 g/mol. The van der Waals surface area contributed by atoms with Crippen LogP contribution in [0.5, 0.6) is 5.88 Å². The van der Waals surface area contributed by atoms with Crippen LogP contribution in [0.15, 0.2) is 42.6 Å². The number of nitrogens with zero attached hydrogens (tertiary/aromatic N) is 2. The molecule has 1 N–H and O–H groups in total. The Morgan fingerprint density at radius 3 is 2.52 bits per heavy atom. The van der Waals surface area contributed by atoms with Crippen LogP contribution in [-0.4, -0.2) is 32.7 Å². The maximum atomic E-state index is 5.37. The first kappa shape index (κ1) is 15.2. The van der Waals surface area contributed by atoms with Gasteiger partial charge in [-0.2, -0.15) is 0 Å². The summed E-state index contributed by atoms with van der Waals surface area (Å²) in [5.41, 5.74) is 3.33. The van der Waals surface area contributed by atoms with Gasteiger partial charge in [0, 0.05) is 26.8 Å². The van der Waals surface area contributed by atoms with Crippen molar-refractivity contribution >= 4 is 11.4 Å². The van der Waals surface area contributed by atoms with E-state index in [0.717, 1.165) is 17.9 Å². The molecule has 0 aliphatic heterocycles. The lowest BCUT2D eigenvalue weighted by Crippen LogP contribution is -2.16. The standard InChI is InChI=1S/C17H23N3O/c1-13(14-8-6-5-7-9-14)12-19-16-15(20(2)3)10-11-18-17(16)21-4/h5-11,13,19H,12H2,1-4H3. The zero-order valence-electron chi connectivity index (χ0n) is 13.1. The molecule has 0 bridgehead atoms. The molecule has 0 radical (unpaired) electrons. The molecule has 0 fully saturated rings. The largest absolute Gasteiger partial charge is 0.479 e. The first-order valence-electron chi connectivity index (χ1n) is 7.12.